The Morgan fingerprint density at radius 2 is 2.14 bits per heavy atom. The number of fused-ring (bicyclic) bond motifs is 1. The fraction of sp³-hybridized carbons (Fsp3) is 0.647. The number of aryl methyl sites for hydroxylation is 2. The molecule has 0 radical (unpaired) electrons. The van der Waals surface area contributed by atoms with Gasteiger partial charge in [-0.1, -0.05) is 5.16 Å². The normalized spacial score (nSPS) is 22.2. The zero-order chi connectivity index (χ0) is 15.1. The number of hydrogen-bond donors (Lipinski definition) is 0. The van der Waals surface area contributed by atoms with Crippen molar-refractivity contribution in [3.05, 3.63) is 34.7 Å². The van der Waals surface area contributed by atoms with Crippen molar-refractivity contribution in [3.63, 3.8) is 0 Å². The SMILES string of the molecule is Cc1cc(CN2CCC[C@H]2c2nc3c(n2C)CCCC3)no1. The van der Waals surface area contributed by atoms with Gasteiger partial charge in [-0.3, -0.25) is 4.90 Å². The third-order valence-electron chi connectivity index (χ3n) is 5.11. The smallest absolute Gasteiger partial charge is 0.133 e. The van der Waals surface area contributed by atoms with Crippen LogP contribution in [0.1, 0.15) is 60.4 Å². The predicted octanol–water partition coefficient (Wildman–Crippen LogP) is 2.93. The van der Waals surface area contributed by atoms with Gasteiger partial charge in [0.25, 0.3) is 0 Å². The summed E-state index contributed by atoms with van der Waals surface area (Å²) < 4.78 is 7.57. The molecule has 1 saturated heterocycles. The quantitative estimate of drug-likeness (QED) is 0.874. The maximum absolute atomic E-state index is 5.21. The fourth-order valence-electron chi connectivity index (χ4n) is 4.01. The second-order valence-corrected chi connectivity index (χ2v) is 6.69. The minimum atomic E-state index is 0.424. The molecule has 2 aromatic heterocycles. The highest BCUT2D eigenvalue weighted by molar-refractivity contribution is 5.22. The van der Waals surface area contributed by atoms with Crippen LogP contribution in [0.4, 0.5) is 0 Å². The molecule has 118 valence electrons. The van der Waals surface area contributed by atoms with E-state index >= 15 is 0 Å². The van der Waals surface area contributed by atoms with Gasteiger partial charge in [0.15, 0.2) is 0 Å². The molecule has 0 N–H and O–H groups in total. The molecule has 0 aromatic carbocycles. The molecule has 5 heteroatoms. The lowest BCUT2D eigenvalue weighted by Gasteiger charge is -2.23. The van der Waals surface area contributed by atoms with E-state index in [0.29, 0.717) is 6.04 Å². The van der Waals surface area contributed by atoms with Crippen LogP contribution in [0, 0.1) is 6.92 Å². The van der Waals surface area contributed by atoms with Crippen LogP contribution in [0.15, 0.2) is 10.6 Å². The largest absolute Gasteiger partial charge is 0.361 e. The molecule has 1 aliphatic carbocycles. The molecule has 2 aromatic rings. The molecule has 1 atom stereocenters. The molecular formula is C17H24N4O. The first kappa shape index (κ1) is 14.0. The van der Waals surface area contributed by atoms with Crippen molar-refractivity contribution in [2.45, 2.75) is 58.0 Å². The molecule has 1 aliphatic heterocycles. The predicted molar refractivity (Wildman–Crippen MR) is 83.5 cm³/mol. The van der Waals surface area contributed by atoms with Gasteiger partial charge in [-0.25, -0.2) is 4.98 Å². The van der Waals surface area contributed by atoms with E-state index in [1.807, 2.05) is 13.0 Å². The Labute approximate surface area is 131 Å². The van der Waals surface area contributed by atoms with Crippen molar-refractivity contribution in [2.75, 3.05) is 6.54 Å². The molecule has 2 aliphatic rings. The Balaban J connectivity index is 1.59. The van der Waals surface area contributed by atoms with E-state index in [1.54, 1.807) is 0 Å². The van der Waals surface area contributed by atoms with Crippen LogP contribution in [0.3, 0.4) is 0 Å². The summed E-state index contributed by atoms with van der Waals surface area (Å²) in [5.41, 5.74) is 3.83. The van der Waals surface area contributed by atoms with Gasteiger partial charge in [-0.15, -0.1) is 0 Å². The van der Waals surface area contributed by atoms with E-state index in [9.17, 15) is 0 Å². The van der Waals surface area contributed by atoms with Crippen molar-refractivity contribution in [1.82, 2.24) is 19.6 Å². The highest BCUT2D eigenvalue weighted by Gasteiger charge is 2.31. The van der Waals surface area contributed by atoms with Gasteiger partial charge in [0.1, 0.15) is 11.6 Å². The third kappa shape index (κ3) is 2.37. The number of hydrogen-bond acceptors (Lipinski definition) is 4. The summed E-state index contributed by atoms with van der Waals surface area (Å²) in [6, 6.07) is 2.46. The lowest BCUT2D eigenvalue weighted by Crippen LogP contribution is -2.25. The third-order valence-corrected chi connectivity index (χ3v) is 5.11. The van der Waals surface area contributed by atoms with Crippen LogP contribution in [0.2, 0.25) is 0 Å². The van der Waals surface area contributed by atoms with Gasteiger partial charge in [0, 0.05) is 25.4 Å². The van der Waals surface area contributed by atoms with Gasteiger partial charge in [0.05, 0.1) is 17.4 Å². The molecule has 0 unspecified atom stereocenters. The topological polar surface area (TPSA) is 47.1 Å². The van der Waals surface area contributed by atoms with E-state index in [1.165, 1.54) is 49.3 Å². The number of rotatable bonds is 3. The molecule has 0 amide bonds. The summed E-state index contributed by atoms with van der Waals surface area (Å²) in [5.74, 6) is 2.14. The maximum Gasteiger partial charge on any atom is 0.133 e. The molecule has 0 bridgehead atoms. The average molecular weight is 300 g/mol. The Bertz CT molecular complexity index is 672. The lowest BCUT2D eigenvalue weighted by atomic mass is 10.0. The maximum atomic E-state index is 5.21. The van der Waals surface area contributed by atoms with Crippen LogP contribution in [0.5, 0.6) is 0 Å². The van der Waals surface area contributed by atoms with Gasteiger partial charge < -0.3 is 9.09 Å². The van der Waals surface area contributed by atoms with E-state index in [0.717, 1.165) is 31.0 Å². The number of aromatic nitrogens is 3. The number of imidazole rings is 1. The van der Waals surface area contributed by atoms with Crippen molar-refractivity contribution < 1.29 is 4.52 Å². The average Bonchev–Trinajstić information content (AvgIpc) is 3.21. The van der Waals surface area contributed by atoms with Crippen LogP contribution in [0.25, 0.3) is 0 Å². The van der Waals surface area contributed by atoms with Crippen LogP contribution in [-0.4, -0.2) is 26.2 Å². The summed E-state index contributed by atoms with van der Waals surface area (Å²) in [4.78, 5) is 7.51. The van der Waals surface area contributed by atoms with Gasteiger partial charge in [-0.05, 0) is 52.0 Å². The Hall–Kier alpha value is -1.62. The van der Waals surface area contributed by atoms with Crippen molar-refractivity contribution >= 4 is 0 Å². The van der Waals surface area contributed by atoms with Gasteiger partial charge in [-0.2, -0.15) is 0 Å². The Morgan fingerprint density at radius 1 is 1.27 bits per heavy atom. The molecule has 22 heavy (non-hydrogen) atoms. The standard InChI is InChI=1S/C17H24N4O/c1-12-10-13(19-22-12)11-21-9-5-8-16(21)17-18-14-6-3-4-7-15(14)20(17)2/h10,16H,3-9,11H2,1-2H3/t16-/m0/s1. The van der Waals surface area contributed by atoms with E-state index in [-0.39, 0.29) is 0 Å². The fourth-order valence-corrected chi connectivity index (χ4v) is 4.01. The van der Waals surface area contributed by atoms with Crippen LogP contribution in [-0.2, 0) is 26.4 Å². The second kappa shape index (κ2) is 5.54. The first-order valence-electron chi connectivity index (χ1n) is 8.43. The highest BCUT2D eigenvalue weighted by Crippen LogP contribution is 2.34. The van der Waals surface area contributed by atoms with Crippen LogP contribution >= 0.6 is 0 Å². The monoisotopic (exact) mass is 300 g/mol. The van der Waals surface area contributed by atoms with E-state index < -0.39 is 0 Å². The molecule has 1 fully saturated rings. The second-order valence-electron chi connectivity index (χ2n) is 6.69. The zero-order valence-corrected chi connectivity index (χ0v) is 13.5. The minimum Gasteiger partial charge on any atom is -0.361 e. The van der Waals surface area contributed by atoms with E-state index in [4.69, 9.17) is 9.51 Å². The summed E-state index contributed by atoms with van der Waals surface area (Å²) in [5, 5.41) is 4.15. The number of nitrogens with zero attached hydrogens (tertiary/aromatic N) is 4. The molecule has 5 nitrogen and oxygen atoms in total. The van der Waals surface area contributed by atoms with Gasteiger partial charge in [0.2, 0.25) is 0 Å². The number of likely N-dealkylation sites (tertiary alicyclic amines) is 1. The first-order chi connectivity index (χ1) is 10.7. The minimum absolute atomic E-state index is 0.424. The first-order valence-corrected chi connectivity index (χ1v) is 8.43. The van der Waals surface area contributed by atoms with E-state index in [2.05, 4.69) is 21.7 Å². The summed E-state index contributed by atoms with van der Waals surface area (Å²) in [6.45, 7) is 3.93. The van der Waals surface area contributed by atoms with Gasteiger partial charge >= 0.3 is 0 Å². The Kier molecular flexibility index (Phi) is 3.53. The summed E-state index contributed by atoms with van der Waals surface area (Å²) in [6.07, 6.45) is 7.36. The Morgan fingerprint density at radius 3 is 2.91 bits per heavy atom. The molecule has 4 rings (SSSR count). The molecule has 3 heterocycles. The summed E-state index contributed by atoms with van der Waals surface area (Å²) in [7, 11) is 2.20. The summed E-state index contributed by atoms with van der Waals surface area (Å²) >= 11 is 0. The highest BCUT2D eigenvalue weighted by atomic mass is 16.5. The van der Waals surface area contributed by atoms with Crippen molar-refractivity contribution in [1.29, 1.82) is 0 Å². The zero-order valence-electron chi connectivity index (χ0n) is 13.5. The van der Waals surface area contributed by atoms with Crippen LogP contribution < -0.4 is 0 Å². The van der Waals surface area contributed by atoms with Crippen molar-refractivity contribution in [3.8, 4) is 0 Å². The molecule has 0 saturated carbocycles. The van der Waals surface area contributed by atoms with Crippen molar-refractivity contribution in [2.24, 2.45) is 7.05 Å². The lowest BCUT2D eigenvalue weighted by molar-refractivity contribution is 0.228. The molecular weight excluding hydrogens is 276 g/mol. The molecule has 0 spiro atoms.